The second kappa shape index (κ2) is 6.99. The molecule has 26 heavy (non-hydrogen) atoms. The highest BCUT2D eigenvalue weighted by Gasteiger charge is 2.22. The lowest BCUT2D eigenvalue weighted by atomic mass is 10.1. The second-order valence-electron chi connectivity index (χ2n) is 7.71. The molecular weight excluding hydrogens is 320 g/mol. The zero-order valence-corrected chi connectivity index (χ0v) is 16.6. The van der Waals surface area contributed by atoms with E-state index in [2.05, 4.69) is 82.6 Å². The fraction of sp³-hybridized carbons (Fsp3) is 0.348. The largest absolute Gasteiger partial charge is 0.334 e. The van der Waals surface area contributed by atoms with Crippen molar-refractivity contribution in [3.05, 3.63) is 65.4 Å². The van der Waals surface area contributed by atoms with Gasteiger partial charge in [0.15, 0.2) is 0 Å². The van der Waals surface area contributed by atoms with Gasteiger partial charge in [0.1, 0.15) is 0 Å². The molecule has 3 rings (SSSR count). The molecule has 0 unspecified atom stereocenters. The summed E-state index contributed by atoms with van der Waals surface area (Å²) < 4.78 is 2.19. The smallest absolute Gasteiger partial charge is 0.254 e. The molecule has 0 aliphatic carbocycles. The van der Waals surface area contributed by atoms with Crippen LogP contribution in [0.1, 0.15) is 49.2 Å². The minimum atomic E-state index is 0.0936. The Hall–Kier alpha value is -2.55. The molecule has 0 spiro atoms. The summed E-state index contributed by atoms with van der Waals surface area (Å²) in [5.41, 5.74) is 5.52. The summed E-state index contributed by atoms with van der Waals surface area (Å²) in [6.07, 6.45) is 2.08. The molecule has 136 valence electrons. The number of aryl methyl sites for hydroxylation is 2. The first-order chi connectivity index (χ1) is 12.3. The Morgan fingerprint density at radius 1 is 0.885 bits per heavy atom. The Bertz CT molecular complexity index is 922. The lowest BCUT2D eigenvalue weighted by Gasteiger charge is -2.30. The fourth-order valence-corrected chi connectivity index (χ4v) is 3.80. The van der Waals surface area contributed by atoms with Crippen molar-refractivity contribution in [3.8, 4) is 5.69 Å². The van der Waals surface area contributed by atoms with Crippen LogP contribution in [0.3, 0.4) is 0 Å². The highest BCUT2D eigenvalue weighted by Crippen LogP contribution is 2.24. The van der Waals surface area contributed by atoms with Crippen LogP contribution in [0, 0.1) is 13.8 Å². The first kappa shape index (κ1) is 18.2. The normalized spacial score (nSPS) is 11.5. The van der Waals surface area contributed by atoms with E-state index >= 15 is 0 Å². The summed E-state index contributed by atoms with van der Waals surface area (Å²) >= 11 is 0. The van der Waals surface area contributed by atoms with E-state index in [0.29, 0.717) is 0 Å². The average Bonchev–Trinajstić information content (AvgIpc) is 2.96. The summed E-state index contributed by atoms with van der Waals surface area (Å²) in [7, 11) is 0. The van der Waals surface area contributed by atoms with E-state index < -0.39 is 0 Å². The summed E-state index contributed by atoms with van der Waals surface area (Å²) in [4.78, 5) is 14.9. The number of fused-ring (bicyclic) bond motifs is 1. The fourth-order valence-electron chi connectivity index (χ4n) is 3.80. The standard InChI is InChI=1S/C23H28N2O/c1-15(2)25(16(3)4)23(26)20-7-8-22-19(14-20)9-10-24(22)21-12-17(5)11-18(6)13-21/h7-16H,1-6H3. The van der Waals surface area contributed by atoms with Crippen LogP contribution < -0.4 is 0 Å². The molecular formula is C23H28N2O. The zero-order chi connectivity index (χ0) is 19.0. The third-order valence-corrected chi connectivity index (χ3v) is 4.77. The van der Waals surface area contributed by atoms with Gasteiger partial charge in [0.05, 0.1) is 5.52 Å². The van der Waals surface area contributed by atoms with Crippen molar-refractivity contribution in [2.45, 2.75) is 53.6 Å². The van der Waals surface area contributed by atoms with Crippen LogP contribution in [0.5, 0.6) is 0 Å². The average molecular weight is 348 g/mol. The van der Waals surface area contributed by atoms with Crippen LogP contribution in [0.4, 0.5) is 0 Å². The lowest BCUT2D eigenvalue weighted by molar-refractivity contribution is 0.0644. The van der Waals surface area contributed by atoms with E-state index in [1.54, 1.807) is 0 Å². The molecule has 0 radical (unpaired) electrons. The van der Waals surface area contributed by atoms with Crippen molar-refractivity contribution in [2.24, 2.45) is 0 Å². The SMILES string of the molecule is Cc1cc(C)cc(-n2ccc3cc(C(=O)N(C(C)C)C(C)C)ccc32)c1. The quantitative estimate of drug-likeness (QED) is 0.610. The molecule has 0 saturated heterocycles. The number of carbonyl (C=O) groups excluding carboxylic acids is 1. The predicted octanol–water partition coefficient (Wildman–Crippen LogP) is 5.51. The van der Waals surface area contributed by atoms with Gasteiger partial charge in [-0.3, -0.25) is 4.79 Å². The minimum absolute atomic E-state index is 0.0936. The van der Waals surface area contributed by atoms with E-state index in [4.69, 9.17) is 0 Å². The van der Waals surface area contributed by atoms with E-state index in [1.165, 1.54) is 11.1 Å². The third-order valence-electron chi connectivity index (χ3n) is 4.77. The number of hydrogen-bond acceptors (Lipinski definition) is 1. The van der Waals surface area contributed by atoms with Crippen molar-refractivity contribution in [3.63, 3.8) is 0 Å². The predicted molar refractivity (Wildman–Crippen MR) is 109 cm³/mol. The maximum atomic E-state index is 13.0. The molecule has 3 heteroatoms. The molecule has 1 amide bonds. The second-order valence-corrected chi connectivity index (χ2v) is 7.71. The molecule has 0 bridgehead atoms. The van der Waals surface area contributed by atoms with Crippen LogP contribution in [-0.2, 0) is 0 Å². The maximum absolute atomic E-state index is 13.0. The summed E-state index contributed by atoms with van der Waals surface area (Å²) in [6.45, 7) is 12.5. The van der Waals surface area contributed by atoms with Gasteiger partial charge in [0.2, 0.25) is 0 Å². The van der Waals surface area contributed by atoms with Gasteiger partial charge in [0.25, 0.3) is 5.91 Å². The van der Waals surface area contributed by atoms with Crippen molar-refractivity contribution in [2.75, 3.05) is 0 Å². The molecule has 0 saturated carbocycles. The van der Waals surface area contributed by atoms with Gasteiger partial charge in [0, 0.05) is 34.9 Å². The van der Waals surface area contributed by atoms with Crippen molar-refractivity contribution >= 4 is 16.8 Å². The molecule has 2 aromatic carbocycles. The zero-order valence-electron chi connectivity index (χ0n) is 16.6. The topological polar surface area (TPSA) is 25.2 Å². The van der Waals surface area contributed by atoms with E-state index in [1.807, 2.05) is 17.0 Å². The first-order valence-electron chi connectivity index (χ1n) is 9.30. The third kappa shape index (κ3) is 3.39. The number of rotatable bonds is 4. The Morgan fingerprint density at radius 3 is 2.08 bits per heavy atom. The van der Waals surface area contributed by atoms with E-state index in [0.717, 1.165) is 22.2 Å². The molecule has 0 aliphatic rings. The molecule has 0 aliphatic heterocycles. The number of aromatic nitrogens is 1. The summed E-state index contributed by atoms with van der Waals surface area (Å²) in [6, 6.07) is 15.0. The Morgan fingerprint density at radius 2 is 1.50 bits per heavy atom. The maximum Gasteiger partial charge on any atom is 0.254 e. The Labute approximate surface area is 156 Å². The van der Waals surface area contributed by atoms with E-state index in [-0.39, 0.29) is 18.0 Å². The first-order valence-corrected chi connectivity index (χ1v) is 9.30. The molecule has 3 aromatic rings. The highest BCUT2D eigenvalue weighted by atomic mass is 16.2. The number of carbonyl (C=O) groups is 1. The Kier molecular flexibility index (Phi) is 4.90. The summed E-state index contributed by atoms with van der Waals surface area (Å²) in [5.74, 6) is 0.0936. The van der Waals surface area contributed by atoms with Gasteiger partial charge in [-0.05, 0) is 89.1 Å². The number of nitrogens with zero attached hydrogens (tertiary/aromatic N) is 2. The van der Waals surface area contributed by atoms with Gasteiger partial charge in [-0.25, -0.2) is 0 Å². The van der Waals surface area contributed by atoms with Crippen LogP contribution in [0.2, 0.25) is 0 Å². The van der Waals surface area contributed by atoms with Crippen LogP contribution in [0.25, 0.3) is 16.6 Å². The van der Waals surface area contributed by atoms with Crippen LogP contribution in [0.15, 0.2) is 48.7 Å². The lowest BCUT2D eigenvalue weighted by Crippen LogP contribution is -2.42. The van der Waals surface area contributed by atoms with Crippen molar-refractivity contribution < 1.29 is 4.79 Å². The van der Waals surface area contributed by atoms with Gasteiger partial charge in [-0.1, -0.05) is 6.07 Å². The molecule has 3 nitrogen and oxygen atoms in total. The van der Waals surface area contributed by atoms with Crippen LogP contribution in [-0.4, -0.2) is 27.5 Å². The van der Waals surface area contributed by atoms with Crippen molar-refractivity contribution in [1.82, 2.24) is 9.47 Å². The highest BCUT2D eigenvalue weighted by molar-refractivity contribution is 5.98. The van der Waals surface area contributed by atoms with Gasteiger partial charge >= 0.3 is 0 Å². The summed E-state index contributed by atoms with van der Waals surface area (Å²) in [5, 5.41) is 1.09. The number of benzene rings is 2. The van der Waals surface area contributed by atoms with Crippen molar-refractivity contribution in [1.29, 1.82) is 0 Å². The number of hydrogen-bond donors (Lipinski definition) is 0. The minimum Gasteiger partial charge on any atom is -0.334 e. The van der Waals surface area contributed by atoms with Gasteiger partial charge in [-0.15, -0.1) is 0 Å². The Balaban J connectivity index is 2.03. The van der Waals surface area contributed by atoms with Gasteiger partial charge < -0.3 is 9.47 Å². The van der Waals surface area contributed by atoms with E-state index in [9.17, 15) is 4.79 Å². The molecule has 1 aromatic heterocycles. The molecule has 0 atom stereocenters. The van der Waals surface area contributed by atoms with Gasteiger partial charge in [-0.2, -0.15) is 0 Å². The molecule has 0 N–H and O–H groups in total. The van der Waals surface area contributed by atoms with Crippen LogP contribution >= 0.6 is 0 Å². The molecule has 0 fully saturated rings. The monoisotopic (exact) mass is 348 g/mol. The molecule has 1 heterocycles. The number of amides is 1.